The van der Waals surface area contributed by atoms with Crippen molar-refractivity contribution in [3.05, 3.63) is 29.8 Å². The molecule has 1 rings (SSSR count). The van der Waals surface area contributed by atoms with Gasteiger partial charge in [0.25, 0.3) is 0 Å². The third-order valence-electron chi connectivity index (χ3n) is 2.92. The molecule has 0 aliphatic heterocycles. The van der Waals surface area contributed by atoms with E-state index < -0.39 is 10.0 Å². The van der Waals surface area contributed by atoms with E-state index in [0.717, 1.165) is 5.56 Å². The number of benzene rings is 1. The van der Waals surface area contributed by atoms with Gasteiger partial charge in [-0.1, -0.05) is 12.1 Å². The van der Waals surface area contributed by atoms with Crippen molar-refractivity contribution >= 4 is 15.9 Å². The summed E-state index contributed by atoms with van der Waals surface area (Å²) < 4.78 is 26.2. The molecule has 6 nitrogen and oxygen atoms in total. The predicted octanol–water partition coefficient (Wildman–Crippen LogP) is 0.381. The molecule has 0 spiro atoms. The van der Waals surface area contributed by atoms with E-state index in [0.29, 0.717) is 6.54 Å². The van der Waals surface area contributed by atoms with Gasteiger partial charge in [-0.25, -0.2) is 13.1 Å². The lowest BCUT2D eigenvalue weighted by Gasteiger charge is -2.11. The van der Waals surface area contributed by atoms with E-state index in [1.54, 1.807) is 19.1 Å². The summed E-state index contributed by atoms with van der Waals surface area (Å²) in [4.78, 5) is 11.4. The molecule has 20 heavy (non-hydrogen) atoms. The fourth-order valence-corrected chi connectivity index (χ4v) is 2.59. The van der Waals surface area contributed by atoms with E-state index in [1.165, 1.54) is 12.1 Å². The van der Waals surface area contributed by atoms with Gasteiger partial charge in [-0.15, -0.1) is 0 Å². The molecule has 0 aromatic heterocycles. The standard InChI is InChI=1S/C13H21N3O3S/c1-4-15-13(17)9-16-20(18,19)12-7-5-11(6-8-12)10(2)14-3/h5-8,10,14,16H,4,9H2,1-3H3,(H,15,17). The number of rotatable bonds is 7. The van der Waals surface area contributed by atoms with Crippen molar-refractivity contribution in [1.82, 2.24) is 15.4 Å². The van der Waals surface area contributed by atoms with Crippen LogP contribution in [0, 0.1) is 0 Å². The quantitative estimate of drug-likeness (QED) is 0.679. The number of amides is 1. The minimum absolute atomic E-state index is 0.147. The smallest absolute Gasteiger partial charge is 0.241 e. The van der Waals surface area contributed by atoms with Crippen molar-refractivity contribution in [2.24, 2.45) is 0 Å². The Labute approximate surface area is 120 Å². The van der Waals surface area contributed by atoms with E-state index in [9.17, 15) is 13.2 Å². The number of carbonyl (C=O) groups excluding carboxylic acids is 1. The van der Waals surface area contributed by atoms with Gasteiger partial charge >= 0.3 is 0 Å². The van der Waals surface area contributed by atoms with Gasteiger partial charge < -0.3 is 10.6 Å². The highest BCUT2D eigenvalue weighted by atomic mass is 32.2. The molecular weight excluding hydrogens is 278 g/mol. The number of likely N-dealkylation sites (N-methyl/N-ethyl adjacent to an activating group) is 1. The van der Waals surface area contributed by atoms with Crippen molar-refractivity contribution < 1.29 is 13.2 Å². The van der Waals surface area contributed by atoms with Crippen LogP contribution >= 0.6 is 0 Å². The van der Waals surface area contributed by atoms with Crippen LogP contribution in [0.2, 0.25) is 0 Å². The zero-order valence-corrected chi connectivity index (χ0v) is 12.8. The molecule has 0 heterocycles. The maximum Gasteiger partial charge on any atom is 0.241 e. The van der Waals surface area contributed by atoms with Gasteiger partial charge in [0.15, 0.2) is 0 Å². The molecular formula is C13H21N3O3S. The Morgan fingerprint density at radius 1 is 1.25 bits per heavy atom. The van der Waals surface area contributed by atoms with E-state index >= 15 is 0 Å². The molecule has 1 aromatic carbocycles. The van der Waals surface area contributed by atoms with Crippen molar-refractivity contribution in [3.8, 4) is 0 Å². The van der Waals surface area contributed by atoms with Crippen LogP contribution in [0.25, 0.3) is 0 Å². The number of hydrogen-bond donors (Lipinski definition) is 3. The molecule has 0 aliphatic carbocycles. The summed E-state index contributed by atoms with van der Waals surface area (Å²) in [5.74, 6) is -0.350. The molecule has 112 valence electrons. The lowest BCUT2D eigenvalue weighted by Crippen LogP contribution is -2.36. The molecule has 1 amide bonds. The van der Waals surface area contributed by atoms with E-state index in [1.807, 2.05) is 14.0 Å². The van der Waals surface area contributed by atoms with Crippen LogP contribution in [0.4, 0.5) is 0 Å². The molecule has 0 fully saturated rings. The molecule has 0 aliphatic rings. The number of sulfonamides is 1. The average Bonchev–Trinajstić information content (AvgIpc) is 2.45. The lowest BCUT2D eigenvalue weighted by molar-refractivity contribution is -0.119. The second-order valence-electron chi connectivity index (χ2n) is 4.36. The van der Waals surface area contributed by atoms with E-state index in [-0.39, 0.29) is 23.4 Å². The number of hydrogen-bond acceptors (Lipinski definition) is 4. The largest absolute Gasteiger partial charge is 0.355 e. The first kappa shape index (κ1) is 16.6. The first-order chi connectivity index (χ1) is 9.40. The van der Waals surface area contributed by atoms with Gasteiger partial charge in [0.2, 0.25) is 15.9 Å². The van der Waals surface area contributed by atoms with Gasteiger partial charge in [-0.05, 0) is 38.6 Å². The summed E-state index contributed by atoms with van der Waals surface area (Å²) >= 11 is 0. The van der Waals surface area contributed by atoms with Crippen molar-refractivity contribution in [2.45, 2.75) is 24.8 Å². The highest BCUT2D eigenvalue weighted by molar-refractivity contribution is 7.89. The normalized spacial score (nSPS) is 12.9. The summed E-state index contributed by atoms with van der Waals surface area (Å²) in [6, 6.07) is 6.71. The van der Waals surface area contributed by atoms with Gasteiger partial charge in [-0.3, -0.25) is 4.79 Å². The zero-order chi connectivity index (χ0) is 15.2. The first-order valence-electron chi connectivity index (χ1n) is 6.44. The fourth-order valence-electron chi connectivity index (χ4n) is 1.61. The molecule has 1 aromatic rings. The van der Waals surface area contributed by atoms with Crippen LogP contribution in [-0.2, 0) is 14.8 Å². The minimum atomic E-state index is -3.65. The number of carbonyl (C=O) groups is 1. The molecule has 0 bridgehead atoms. The SMILES string of the molecule is CCNC(=O)CNS(=O)(=O)c1ccc(C(C)NC)cc1. The molecule has 1 unspecified atom stereocenters. The van der Waals surface area contributed by atoms with Crippen LogP contribution < -0.4 is 15.4 Å². The van der Waals surface area contributed by atoms with E-state index in [4.69, 9.17) is 0 Å². The summed E-state index contributed by atoms with van der Waals surface area (Å²) in [7, 11) is -1.82. The molecule has 3 N–H and O–H groups in total. The fraction of sp³-hybridized carbons (Fsp3) is 0.462. The monoisotopic (exact) mass is 299 g/mol. The van der Waals surface area contributed by atoms with Gasteiger partial charge in [-0.2, -0.15) is 0 Å². The highest BCUT2D eigenvalue weighted by Crippen LogP contribution is 2.15. The topological polar surface area (TPSA) is 87.3 Å². The molecule has 0 radical (unpaired) electrons. The Kier molecular flexibility index (Phi) is 6.12. The first-order valence-corrected chi connectivity index (χ1v) is 7.92. The van der Waals surface area contributed by atoms with Gasteiger partial charge in [0, 0.05) is 12.6 Å². The second kappa shape index (κ2) is 7.37. The van der Waals surface area contributed by atoms with Crippen molar-refractivity contribution in [3.63, 3.8) is 0 Å². The maximum atomic E-state index is 12.0. The Hall–Kier alpha value is -1.44. The van der Waals surface area contributed by atoms with Crippen LogP contribution in [0.1, 0.15) is 25.5 Å². The maximum absolute atomic E-state index is 12.0. The Bertz CT molecular complexity index is 540. The van der Waals surface area contributed by atoms with Crippen molar-refractivity contribution in [1.29, 1.82) is 0 Å². The highest BCUT2D eigenvalue weighted by Gasteiger charge is 2.15. The Morgan fingerprint density at radius 2 is 1.85 bits per heavy atom. The van der Waals surface area contributed by atoms with Crippen LogP contribution in [-0.4, -0.2) is 34.5 Å². The summed E-state index contributed by atoms with van der Waals surface area (Å²) in [5, 5.41) is 5.60. The van der Waals surface area contributed by atoms with E-state index in [2.05, 4.69) is 15.4 Å². The zero-order valence-electron chi connectivity index (χ0n) is 11.9. The second-order valence-corrected chi connectivity index (χ2v) is 6.12. The molecule has 1 atom stereocenters. The molecule has 0 saturated carbocycles. The average molecular weight is 299 g/mol. The predicted molar refractivity (Wildman–Crippen MR) is 77.8 cm³/mol. The van der Waals surface area contributed by atoms with Gasteiger partial charge in [0.1, 0.15) is 0 Å². The summed E-state index contributed by atoms with van der Waals surface area (Å²) in [6.07, 6.45) is 0. The minimum Gasteiger partial charge on any atom is -0.355 e. The third-order valence-corrected chi connectivity index (χ3v) is 4.34. The third kappa shape index (κ3) is 4.59. The Morgan fingerprint density at radius 3 is 2.35 bits per heavy atom. The summed E-state index contributed by atoms with van der Waals surface area (Å²) in [5.41, 5.74) is 0.996. The number of nitrogens with one attached hydrogen (secondary N) is 3. The van der Waals surface area contributed by atoms with Crippen molar-refractivity contribution in [2.75, 3.05) is 20.1 Å². The summed E-state index contributed by atoms with van der Waals surface area (Å²) in [6.45, 7) is 3.97. The van der Waals surface area contributed by atoms with Crippen LogP contribution in [0.15, 0.2) is 29.2 Å². The van der Waals surface area contributed by atoms with Crippen LogP contribution in [0.5, 0.6) is 0 Å². The van der Waals surface area contributed by atoms with Gasteiger partial charge in [0.05, 0.1) is 11.4 Å². The molecule has 0 saturated heterocycles. The lowest BCUT2D eigenvalue weighted by atomic mass is 10.1. The van der Waals surface area contributed by atoms with Crippen LogP contribution in [0.3, 0.4) is 0 Å². The molecule has 7 heteroatoms. The Balaban J connectivity index is 2.75.